The molecule has 0 unspecified atom stereocenters. The first-order valence-electron chi connectivity index (χ1n) is 12.0. The summed E-state index contributed by atoms with van der Waals surface area (Å²) in [5.74, 6) is 0.298. The van der Waals surface area contributed by atoms with Gasteiger partial charge in [0.15, 0.2) is 5.65 Å². The van der Waals surface area contributed by atoms with Crippen molar-refractivity contribution in [3.8, 4) is 0 Å². The smallest absolute Gasteiger partial charge is 0.309 e. The van der Waals surface area contributed by atoms with Crippen LogP contribution in [0.15, 0.2) is 6.07 Å². The maximum absolute atomic E-state index is 13.3. The number of piperidine rings is 1. The van der Waals surface area contributed by atoms with Gasteiger partial charge in [0, 0.05) is 38.8 Å². The highest BCUT2D eigenvalue weighted by Gasteiger charge is 2.30. The largest absolute Gasteiger partial charge is 0.466 e. The standard InChI is InChI=1S/C24H33N5O4/c1-4-33-24(32)17-9-12-28(13-10-17)20(30)15-27(3)23(31)18-14-16(2)25-22-21(18)26-19-8-6-5-7-11-29(19)22/h14,17H,4-13,15H2,1-3H3. The highest BCUT2D eigenvalue weighted by molar-refractivity contribution is 6.05. The molecule has 2 aromatic heterocycles. The molecule has 1 fully saturated rings. The number of likely N-dealkylation sites (N-methyl/N-ethyl adjacent to an activating group) is 1. The second-order valence-corrected chi connectivity index (χ2v) is 9.04. The number of likely N-dealkylation sites (tertiary alicyclic amines) is 1. The number of hydrogen-bond donors (Lipinski definition) is 0. The van der Waals surface area contributed by atoms with Crippen molar-refractivity contribution in [1.82, 2.24) is 24.3 Å². The Labute approximate surface area is 194 Å². The van der Waals surface area contributed by atoms with Crippen LogP contribution in [-0.4, -0.2) is 75.4 Å². The zero-order chi connectivity index (χ0) is 23.5. The topological polar surface area (TPSA) is 97.6 Å². The average Bonchev–Trinajstić information content (AvgIpc) is 2.98. The number of fused-ring (bicyclic) bond motifs is 3. The van der Waals surface area contributed by atoms with Gasteiger partial charge in [-0.05, 0) is 45.6 Å². The van der Waals surface area contributed by atoms with Crippen molar-refractivity contribution < 1.29 is 19.1 Å². The molecular weight excluding hydrogens is 422 g/mol. The SMILES string of the molecule is CCOC(=O)C1CCN(C(=O)CN(C)C(=O)c2cc(C)nc3c2nc2n3CCCCC2)CC1. The normalized spacial score (nSPS) is 16.9. The molecule has 2 aliphatic rings. The molecule has 2 aliphatic heterocycles. The summed E-state index contributed by atoms with van der Waals surface area (Å²) in [7, 11) is 1.65. The first-order chi connectivity index (χ1) is 15.9. The van der Waals surface area contributed by atoms with Crippen LogP contribution in [0.4, 0.5) is 0 Å². The van der Waals surface area contributed by atoms with Crippen molar-refractivity contribution in [2.75, 3.05) is 33.3 Å². The quantitative estimate of drug-likeness (QED) is 0.642. The molecule has 0 aliphatic carbocycles. The predicted molar refractivity (Wildman–Crippen MR) is 123 cm³/mol. The predicted octanol–water partition coefficient (Wildman–Crippen LogP) is 2.34. The summed E-state index contributed by atoms with van der Waals surface area (Å²) in [5, 5.41) is 0. The number of esters is 1. The van der Waals surface area contributed by atoms with E-state index in [9.17, 15) is 14.4 Å². The molecular formula is C24H33N5O4. The van der Waals surface area contributed by atoms with E-state index in [1.165, 1.54) is 11.3 Å². The lowest BCUT2D eigenvalue weighted by atomic mass is 9.97. The van der Waals surface area contributed by atoms with Crippen LogP contribution < -0.4 is 0 Å². The van der Waals surface area contributed by atoms with Crippen molar-refractivity contribution in [1.29, 1.82) is 0 Å². The molecule has 4 rings (SSSR count). The van der Waals surface area contributed by atoms with Gasteiger partial charge in [-0.25, -0.2) is 9.97 Å². The van der Waals surface area contributed by atoms with Crippen molar-refractivity contribution >= 4 is 28.9 Å². The summed E-state index contributed by atoms with van der Waals surface area (Å²) >= 11 is 0. The number of aryl methyl sites for hydroxylation is 3. The lowest BCUT2D eigenvalue weighted by Crippen LogP contribution is -2.45. The lowest BCUT2D eigenvalue weighted by Gasteiger charge is -2.32. The number of aromatic nitrogens is 3. The van der Waals surface area contributed by atoms with Gasteiger partial charge in [-0.15, -0.1) is 0 Å². The van der Waals surface area contributed by atoms with Crippen LogP contribution in [0.1, 0.15) is 60.9 Å². The zero-order valence-corrected chi connectivity index (χ0v) is 19.8. The Kier molecular flexibility index (Phi) is 6.95. The van der Waals surface area contributed by atoms with Crippen LogP contribution in [0.5, 0.6) is 0 Å². The molecule has 0 atom stereocenters. The third-order valence-corrected chi connectivity index (χ3v) is 6.61. The van der Waals surface area contributed by atoms with Crippen LogP contribution in [0.25, 0.3) is 11.2 Å². The number of pyridine rings is 1. The van der Waals surface area contributed by atoms with E-state index in [2.05, 4.69) is 9.55 Å². The molecule has 4 heterocycles. The van der Waals surface area contributed by atoms with E-state index in [1.807, 2.05) is 6.92 Å². The van der Waals surface area contributed by atoms with Crippen molar-refractivity contribution in [2.45, 2.75) is 58.9 Å². The average molecular weight is 456 g/mol. The number of carbonyl (C=O) groups excluding carboxylic acids is 3. The van der Waals surface area contributed by atoms with E-state index in [0.717, 1.165) is 43.0 Å². The summed E-state index contributed by atoms with van der Waals surface area (Å²) in [6, 6.07) is 1.77. The van der Waals surface area contributed by atoms with E-state index in [-0.39, 0.29) is 30.2 Å². The molecule has 0 spiro atoms. The van der Waals surface area contributed by atoms with Gasteiger partial charge in [0.2, 0.25) is 5.91 Å². The van der Waals surface area contributed by atoms with Gasteiger partial charge in [0.05, 0.1) is 24.6 Å². The van der Waals surface area contributed by atoms with Gasteiger partial charge >= 0.3 is 5.97 Å². The Balaban J connectivity index is 1.45. The monoisotopic (exact) mass is 455 g/mol. The fraction of sp³-hybridized carbons (Fsp3) is 0.625. The maximum atomic E-state index is 13.3. The summed E-state index contributed by atoms with van der Waals surface area (Å²) in [4.78, 5) is 50.8. The van der Waals surface area contributed by atoms with Crippen molar-refractivity contribution in [3.05, 3.63) is 23.1 Å². The maximum Gasteiger partial charge on any atom is 0.309 e. The van der Waals surface area contributed by atoms with E-state index < -0.39 is 0 Å². The van der Waals surface area contributed by atoms with Crippen LogP contribution in [-0.2, 0) is 27.3 Å². The molecule has 2 amide bonds. The summed E-state index contributed by atoms with van der Waals surface area (Å²) in [6.07, 6.45) is 5.41. The highest BCUT2D eigenvalue weighted by Crippen LogP contribution is 2.25. The summed E-state index contributed by atoms with van der Waals surface area (Å²) < 4.78 is 7.24. The van der Waals surface area contributed by atoms with E-state index in [4.69, 9.17) is 9.72 Å². The number of imidazole rings is 1. The molecule has 178 valence electrons. The van der Waals surface area contributed by atoms with Crippen LogP contribution in [0.3, 0.4) is 0 Å². The Bertz CT molecular complexity index is 1050. The highest BCUT2D eigenvalue weighted by atomic mass is 16.5. The summed E-state index contributed by atoms with van der Waals surface area (Å²) in [5.41, 5.74) is 2.64. The molecule has 1 saturated heterocycles. The molecule has 0 N–H and O–H groups in total. The van der Waals surface area contributed by atoms with Crippen LogP contribution in [0, 0.1) is 12.8 Å². The molecule has 0 bridgehead atoms. The Morgan fingerprint density at radius 2 is 1.88 bits per heavy atom. The van der Waals surface area contributed by atoms with Gasteiger partial charge in [-0.3, -0.25) is 14.4 Å². The van der Waals surface area contributed by atoms with E-state index in [1.54, 1.807) is 24.9 Å². The number of nitrogens with zero attached hydrogens (tertiary/aromatic N) is 5. The first kappa shape index (κ1) is 23.2. The van der Waals surface area contributed by atoms with Crippen LogP contribution >= 0.6 is 0 Å². The molecule has 9 heteroatoms. The molecule has 0 aromatic carbocycles. The molecule has 2 aromatic rings. The van der Waals surface area contributed by atoms with E-state index in [0.29, 0.717) is 43.6 Å². The summed E-state index contributed by atoms with van der Waals surface area (Å²) in [6.45, 7) is 5.89. The number of amides is 2. The third kappa shape index (κ3) is 4.86. The first-order valence-corrected chi connectivity index (χ1v) is 12.0. The second kappa shape index (κ2) is 9.89. The molecule has 0 radical (unpaired) electrons. The molecule has 0 saturated carbocycles. The minimum Gasteiger partial charge on any atom is -0.466 e. The minimum atomic E-state index is -0.228. The number of ether oxygens (including phenoxy) is 1. The van der Waals surface area contributed by atoms with Crippen LogP contribution in [0.2, 0.25) is 0 Å². The van der Waals surface area contributed by atoms with Gasteiger partial charge in [-0.2, -0.15) is 0 Å². The lowest BCUT2D eigenvalue weighted by molar-refractivity contribution is -0.151. The fourth-order valence-corrected chi connectivity index (χ4v) is 4.78. The number of hydrogen-bond acceptors (Lipinski definition) is 6. The second-order valence-electron chi connectivity index (χ2n) is 9.04. The minimum absolute atomic E-state index is 0.0145. The number of carbonyl (C=O) groups is 3. The fourth-order valence-electron chi connectivity index (χ4n) is 4.78. The molecule has 9 nitrogen and oxygen atoms in total. The Morgan fingerprint density at radius 1 is 1.12 bits per heavy atom. The molecule has 33 heavy (non-hydrogen) atoms. The van der Waals surface area contributed by atoms with E-state index >= 15 is 0 Å². The zero-order valence-electron chi connectivity index (χ0n) is 19.8. The number of rotatable bonds is 5. The van der Waals surface area contributed by atoms with Crippen molar-refractivity contribution in [3.63, 3.8) is 0 Å². The Hall–Kier alpha value is -2.97. The third-order valence-electron chi connectivity index (χ3n) is 6.61. The van der Waals surface area contributed by atoms with Gasteiger partial charge in [0.25, 0.3) is 5.91 Å². The van der Waals surface area contributed by atoms with Crippen molar-refractivity contribution in [2.24, 2.45) is 5.92 Å². The van der Waals surface area contributed by atoms with Gasteiger partial charge in [0.1, 0.15) is 11.3 Å². The van der Waals surface area contributed by atoms with Gasteiger partial charge < -0.3 is 19.1 Å². The van der Waals surface area contributed by atoms with Gasteiger partial charge in [-0.1, -0.05) is 6.42 Å². The Morgan fingerprint density at radius 3 is 2.61 bits per heavy atom.